The maximum atomic E-state index is 11.1. The lowest BCUT2D eigenvalue weighted by molar-refractivity contribution is -0.120. The van der Waals surface area contributed by atoms with Crippen molar-refractivity contribution < 1.29 is 4.79 Å². The fourth-order valence-electron chi connectivity index (χ4n) is 1.96. The minimum absolute atomic E-state index is 0.148. The van der Waals surface area contributed by atoms with Gasteiger partial charge in [0, 0.05) is 13.0 Å². The number of hydrogen-bond donors (Lipinski definition) is 2. The van der Waals surface area contributed by atoms with E-state index in [4.69, 9.17) is 0 Å². The summed E-state index contributed by atoms with van der Waals surface area (Å²) >= 11 is 4.02. The Morgan fingerprint density at radius 2 is 2.31 bits per heavy atom. The van der Waals surface area contributed by atoms with Gasteiger partial charge < -0.3 is 5.32 Å². The van der Waals surface area contributed by atoms with Gasteiger partial charge in [0.2, 0.25) is 5.91 Å². The average Bonchev–Trinajstić information content (AvgIpc) is 2.49. The topological polar surface area (TPSA) is 29.1 Å². The molecular weight excluding hydrogens is 182 g/mol. The molecule has 1 aliphatic rings. The Balaban J connectivity index is 2.09. The summed E-state index contributed by atoms with van der Waals surface area (Å²) in [5, 5.41) is 2.96. The molecule has 3 heteroatoms. The van der Waals surface area contributed by atoms with Gasteiger partial charge in [-0.25, -0.2) is 0 Å². The Kier molecular flexibility index (Phi) is 4.64. The molecule has 0 aromatic rings. The van der Waals surface area contributed by atoms with E-state index < -0.39 is 0 Å². The van der Waals surface area contributed by atoms with Crippen molar-refractivity contribution in [1.29, 1.82) is 0 Å². The molecule has 2 nitrogen and oxygen atoms in total. The first kappa shape index (κ1) is 10.9. The van der Waals surface area contributed by atoms with Crippen molar-refractivity contribution in [2.45, 2.75) is 32.6 Å². The lowest BCUT2D eigenvalue weighted by Crippen LogP contribution is -2.28. The molecule has 76 valence electrons. The van der Waals surface area contributed by atoms with E-state index in [2.05, 4.69) is 24.9 Å². The zero-order chi connectivity index (χ0) is 9.68. The van der Waals surface area contributed by atoms with E-state index in [1.165, 1.54) is 19.3 Å². The average molecular weight is 201 g/mol. The Hall–Kier alpha value is -0.180. The lowest BCUT2D eigenvalue weighted by Gasteiger charge is -2.10. The molecule has 1 amide bonds. The summed E-state index contributed by atoms with van der Waals surface area (Å²) in [5.41, 5.74) is 0. The van der Waals surface area contributed by atoms with Gasteiger partial charge in [-0.2, -0.15) is 12.6 Å². The molecule has 1 saturated carbocycles. The standard InChI is InChI=1S/C10H19NOS/c1-8-2-3-9(6-8)7-11-10(12)4-5-13/h8-9,13H,2-7H2,1H3,(H,11,12). The quantitative estimate of drug-likeness (QED) is 0.668. The summed E-state index contributed by atoms with van der Waals surface area (Å²) in [6.45, 7) is 3.16. The molecule has 13 heavy (non-hydrogen) atoms. The zero-order valence-corrected chi connectivity index (χ0v) is 9.15. The van der Waals surface area contributed by atoms with Crippen molar-refractivity contribution in [2.75, 3.05) is 12.3 Å². The molecule has 1 N–H and O–H groups in total. The molecule has 0 spiro atoms. The maximum absolute atomic E-state index is 11.1. The van der Waals surface area contributed by atoms with Gasteiger partial charge >= 0.3 is 0 Å². The van der Waals surface area contributed by atoms with E-state index in [1.54, 1.807) is 0 Å². The fraction of sp³-hybridized carbons (Fsp3) is 0.900. The van der Waals surface area contributed by atoms with Crippen LogP contribution >= 0.6 is 12.6 Å². The number of rotatable bonds is 4. The van der Waals surface area contributed by atoms with Crippen LogP contribution in [0, 0.1) is 11.8 Å². The third-order valence-corrected chi connectivity index (χ3v) is 2.95. The second-order valence-electron chi connectivity index (χ2n) is 4.06. The second-order valence-corrected chi connectivity index (χ2v) is 4.51. The Labute approximate surface area is 85.9 Å². The van der Waals surface area contributed by atoms with E-state index in [9.17, 15) is 4.79 Å². The van der Waals surface area contributed by atoms with E-state index in [1.807, 2.05) is 0 Å². The van der Waals surface area contributed by atoms with E-state index in [0.29, 0.717) is 12.2 Å². The Morgan fingerprint density at radius 3 is 2.85 bits per heavy atom. The number of carbonyl (C=O) groups excluding carboxylic acids is 1. The van der Waals surface area contributed by atoms with Crippen molar-refractivity contribution in [1.82, 2.24) is 5.32 Å². The van der Waals surface area contributed by atoms with Crippen LogP contribution in [0.25, 0.3) is 0 Å². The fourth-order valence-corrected chi connectivity index (χ4v) is 2.16. The number of amides is 1. The minimum Gasteiger partial charge on any atom is -0.356 e. The summed E-state index contributed by atoms with van der Waals surface area (Å²) in [5.74, 6) is 2.37. The summed E-state index contributed by atoms with van der Waals surface area (Å²) < 4.78 is 0. The SMILES string of the molecule is CC1CCC(CNC(=O)CCS)C1. The lowest BCUT2D eigenvalue weighted by atomic mass is 10.1. The van der Waals surface area contributed by atoms with Gasteiger partial charge in [-0.1, -0.05) is 13.3 Å². The van der Waals surface area contributed by atoms with Crippen LogP contribution in [0.4, 0.5) is 0 Å². The maximum Gasteiger partial charge on any atom is 0.220 e. The van der Waals surface area contributed by atoms with Crippen LogP contribution in [-0.4, -0.2) is 18.2 Å². The summed E-state index contributed by atoms with van der Waals surface area (Å²) in [4.78, 5) is 11.1. The first-order valence-electron chi connectivity index (χ1n) is 5.10. The number of nitrogens with one attached hydrogen (secondary N) is 1. The normalized spacial score (nSPS) is 27.5. The van der Waals surface area contributed by atoms with Crippen LogP contribution in [0.2, 0.25) is 0 Å². The van der Waals surface area contributed by atoms with Gasteiger partial charge in [0.05, 0.1) is 0 Å². The van der Waals surface area contributed by atoms with Gasteiger partial charge in [0.1, 0.15) is 0 Å². The van der Waals surface area contributed by atoms with Gasteiger partial charge in [0.15, 0.2) is 0 Å². The predicted molar refractivity (Wildman–Crippen MR) is 58.0 cm³/mol. The Morgan fingerprint density at radius 1 is 1.54 bits per heavy atom. The summed E-state index contributed by atoms with van der Waals surface area (Å²) in [7, 11) is 0. The van der Waals surface area contributed by atoms with Crippen LogP contribution in [0.1, 0.15) is 32.6 Å². The van der Waals surface area contributed by atoms with Crippen LogP contribution in [0.3, 0.4) is 0 Å². The third-order valence-electron chi connectivity index (χ3n) is 2.73. The molecule has 0 bridgehead atoms. The summed E-state index contributed by atoms with van der Waals surface area (Å²) in [6, 6.07) is 0. The van der Waals surface area contributed by atoms with Crippen LogP contribution in [-0.2, 0) is 4.79 Å². The predicted octanol–water partition coefficient (Wildman–Crippen LogP) is 1.86. The largest absolute Gasteiger partial charge is 0.356 e. The number of thiol groups is 1. The van der Waals surface area contributed by atoms with Crippen molar-refractivity contribution in [2.24, 2.45) is 11.8 Å². The van der Waals surface area contributed by atoms with Gasteiger partial charge in [0.25, 0.3) is 0 Å². The molecule has 1 aliphatic carbocycles. The van der Waals surface area contributed by atoms with Crippen LogP contribution in [0.15, 0.2) is 0 Å². The summed E-state index contributed by atoms with van der Waals surface area (Å²) in [6.07, 6.45) is 4.43. The van der Waals surface area contributed by atoms with Crippen molar-refractivity contribution in [3.63, 3.8) is 0 Å². The highest BCUT2D eigenvalue weighted by Gasteiger charge is 2.21. The van der Waals surface area contributed by atoms with Crippen LogP contribution in [0.5, 0.6) is 0 Å². The molecule has 0 heterocycles. The van der Waals surface area contributed by atoms with E-state index in [0.717, 1.165) is 18.4 Å². The third kappa shape index (κ3) is 4.03. The van der Waals surface area contributed by atoms with Crippen LogP contribution < -0.4 is 5.32 Å². The van der Waals surface area contributed by atoms with Gasteiger partial charge in [-0.05, 0) is 30.4 Å². The van der Waals surface area contributed by atoms with E-state index in [-0.39, 0.29) is 5.91 Å². The highest BCUT2D eigenvalue weighted by atomic mass is 32.1. The smallest absolute Gasteiger partial charge is 0.220 e. The molecule has 0 aromatic heterocycles. The molecule has 2 unspecified atom stereocenters. The second kappa shape index (κ2) is 5.53. The first-order valence-corrected chi connectivity index (χ1v) is 5.73. The molecule has 0 saturated heterocycles. The van der Waals surface area contributed by atoms with Gasteiger partial charge in [-0.3, -0.25) is 4.79 Å². The molecule has 1 rings (SSSR count). The molecule has 0 aromatic carbocycles. The molecule has 2 atom stereocenters. The van der Waals surface area contributed by atoms with Crippen molar-refractivity contribution in [3.05, 3.63) is 0 Å². The number of hydrogen-bond acceptors (Lipinski definition) is 2. The van der Waals surface area contributed by atoms with Gasteiger partial charge in [-0.15, -0.1) is 0 Å². The van der Waals surface area contributed by atoms with Crippen molar-refractivity contribution in [3.8, 4) is 0 Å². The highest BCUT2D eigenvalue weighted by Crippen LogP contribution is 2.29. The zero-order valence-electron chi connectivity index (χ0n) is 8.25. The van der Waals surface area contributed by atoms with E-state index >= 15 is 0 Å². The molecule has 0 aliphatic heterocycles. The molecule has 0 radical (unpaired) electrons. The monoisotopic (exact) mass is 201 g/mol. The minimum atomic E-state index is 0.148. The molecule has 1 fully saturated rings. The van der Waals surface area contributed by atoms with Crippen molar-refractivity contribution >= 4 is 18.5 Å². The first-order chi connectivity index (χ1) is 6.22. The highest BCUT2D eigenvalue weighted by molar-refractivity contribution is 7.80. The molecular formula is C10H19NOS. The number of carbonyl (C=O) groups is 1. The Bertz CT molecular complexity index is 172.